The van der Waals surface area contributed by atoms with Crippen LogP contribution in [0, 0.1) is 6.92 Å². The lowest BCUT2D eigenvalue weighted by molar-refractivity contribution is -0.122. The van der Waals surface area contributed by atoms with Gasteiger partial charge in [0.25, 0.3) is 5.91 Å². The van der Waals surface area contributed by atoms with E-state index in [0.29, 0.717) is 60.5 Å². The van der Waals surface area contributed by atoms with E-state index in [0.717, 1.165) is 24.0 Å². The Labute approximate surface area is 203 Å². The van der Waals surface area contributed by atoms with Gasteiger partial charge in [0.2, 0.25) is 12.7 Å². The summed E-state index contributed by atoms with van der Waals surface area (Å²) in [6, 6.07) is 9.24. The number of rotatable bonds is 2. The third-order valence-corrected chi connectivity index (χ3v) is 7.07. The third kappa shape index (κ3) is 4.79. The molecular weight excluding hydrogens is 458 g/mol. The van der Waals surface area contributed by atoms with Crippen LogP contribution in [0.1, 0.15) is 40.7 Å². The molecule has 5 rings (SSSR count). The van der Waals surface area contributed by atoms with E-state index < -0.39 is 0 Å². The summed E-state index contributed by atoms with van der Waals surface area (Å²) in [7, 11) is 0. The first kappa shape index (κ1) is 22.8. The van der Waals surface area contributed by atoms with Crippen molar-refractivity contribution in [1.82, 2.24) is 15.5 Å². The van der Waals surface area contributed by atoms with E-state index in [4.69, 9.17) is 25.8 Å². The average molecular weight is 486 g/mol. The maximum atomic E-state index is 12.9. The number of amides is 2. The molecule has 2 amide bonds. The Balaban J connectivity index is 1.39. The van der Waals surface area contributed by atoms with Crippen LogP contribution in [-0.2, 0) is 11.3 Å². The van der Waals surface area contributed by atoms with Gasteiger partial charge in [-0.25, -0.2) is 0 Å². The van der Waals surface area contributed by atoms with Crippen LogP contribution >= 0.6 is 11.6 Å². The largest absolute Gasteiger partial charge is 0.491 e. The second-order valence-electron chi connectivity index (χ2n) is 8.95. The zero-order chi connectivity index (χ0) is 23.7. The lowest BCUT2D eigenvalue weighted by Crippen LogP contribution is -2.44. The van der Waals surface area contributed by atoms with Crippen molar-refractivity contribution < 1.29 is 23.8 Å². The SMILES string of the molecule is Cc1ccc2cc1OCCNC(=O)C[C@@H]1CC[C@H](CNC2=O)N1Cc1cc2c(cc1Cl)OCO2. The molecule has 1 saturated heterocycles. The van der Waals surface area contributed by atoms with Crippen LogP contribution in [0.15, 0.2) is 30.3 Å². The highest BCUT2D eigenvalue weighted by Crippen LogP contribution is 2.38. The Morgan fingerprint density at radius 1 is 1.00 bits per heavy atom. The second-order valence-corrected chi connectivity index (χ2v) is 9.35. The van der Waals surface area contributed by atoms with Gasteiger partial charge in [-0.2, -0.15) is 0 Å². The summed E-state index contributed by atoms with van der Waals surface area (Å²) in [6.07, 6.45) is 2.11. The molecule has 3 aliphatic rings. The van der Waals surface area contributed by atoms with Gasteiger partial charge in [-0.15, -0.1) is 0 Å². The molecular formula is C25H28ClN3O5. The number of aryl methyl sites for hydroxylation is 1. The predicted molar refractivity (Wildman–Crippen MR) is 127 cm³/mol. The van der Waals surface area contributed by atoms with E-state index in [1.807, 2.05) is 19.1 Å². The standard InChI is InChI=1S/C25H28ClN3O5/c1-15-2-3-16-8-21(15)32-7-6-27-24(30)10-18-4-5-19(12-28-25(16)31)29(18)13-17-9-22-23(11-20(17)26)34-14-33-22/h2-3,8-9,11,18-19H,4-7,10,12-14H2,1H3,(H,27,30)(H,28,31)/t18-,19+/m0/s1. The molecule has 2 aromatic rings. The molecule has 0 aromatic heterocycles. The molecule has 9 heteroatoms. The molecule has 0 unspecified atom stereocenters. The van der Waals surface area contributed by atoms with Gasteiger partial charge in [-0.3, -0.25) is 14.5 Å². The van der Waals surface area contributed by atoms with E-state index in [2.05, 4.69) is 15.5 Å². The molecule has 3 heterocycles. The third-order valence-electron chi connectivity index (χ3n) is 6.72. The predicted octanol–water partition coefficient (Wildman–Crippen LogP) is 3.04. The number of carbonyl (C=O) groups excluding carboxylic acids is 2. The fraction of sp³-hybridized carbons (Fsp3) is 0.440. The van der Waals surface area contributed by atoms with Gasteiger partial charge >= 0.3 is 0 Å². The Morgan fingerprint density at radius 2 is 1.79 bits per heavy atom. The highest BCUT2D eigenvalue weighted by molar-refractivity contribution is 6.31. The number of ether oxygens (including phenoxy) is 3. The number of carbonyl (C=O) groups is 2. The normalized spacial score (nSPS) is 22.9. The summed E-state index contributed by atoms with van der Waals surface area (Å²) >= 11 is 6.56. The van der Waals surface area contributed by atoms with Crippen molar-refractivity contribution in [1.29, 1.82) is 0 Å². The topological polar surface area (TPSA) is 89.1 Å². The molecule has 2 N–H and O–H groups in total. The zero-order valence-electron chi connectivity index (χ0n) is 19.1. The average Bonchev–Trinajstić information content (AvgIpc) is 3.42. The molecule has 2 atom stereocenters. The maximum absolute atomic E-state index is 12.9. The number of fused-ring (bicyclic) bond motifs is 5. The van der Waals surface area contributed by atoms with Crippen LogP contribution < -0.4 is 24.8 Å². The summed E-state index contributed by atoms with van der Waals surface area (Å²) in [5.41, 5.74) is 2.40. The Kier molecular flexibility index (Phi) is 6.52. The van der Waals surface area contributed by atoms with Crippen LogP contribution in [0.4, 0.5) is 0 Å². The Bertz CT molecular complexity index is 1110. The minimum absolute atomic E-state index is 0.0135. The molecule has 180 valence electrons. The van der Waals surface area contributed by atoms with Gasteiger partial charge in [0, 0.05) is 48.2 Å². The Hall–Kier alpha value is -2.97. The smallest absolute Gasteiger partial charge is 0.251 e. The lowest BCUT2D eigenvalue weighted by atomic mass is 10.1. The van der Waals surface area contributed by atoms with Gasteiger partial charge in [-0.1, -0.05) is 17.7 Å². The van der Waals surface area contributed by atoms with E-state index in [-0.39, 0.29) is 30.7 Å². The van der Waals surface area contributed by atoms with Crippen molar-refractivity contribution in [3.63, 3.8) is 0 Å². The summed E-state index contributed by atoms with van der Waals surface area (Å²) in [6.45, 7) is 3.87. The first-order valence-electron chi connectivity index (χ1n) is 11.6. The minimum atomic E-state index is -0.140. The molecule has 0 aliphatic carbocycles. The first-order valence-corrected chi connectivity index (χ1v) is 12.0. The number of hydrogen-bond donors (Lipinski definition) is 2. The lowest BCUT2D eigenvalue weighted by Gasteiger charge is -2.30. The van der Waals surface area contributed by atoms with E-state index in [1.165, 1.54) is 0 Å². The second kappa shape index (κ2) is 9.72. The van der Waals surface area contributed by atoms with Crippen LogP contribution in [-0.4, -0.2) is 55.3 Å². The van der Waals surface area contributed by atoms with Gasteiger partial charge in [0.15, 0.2) is 11.5 Å². The summed E-state index contributed by atoms with van der Waals surface area (Å²) in [5, 5.41) is 6.64. The molecule has 1 fully saturated rings. The fourth-order valence-electron chi connectivity index (χ4n) is 4.84. The van der Waals surface area contributed by atoms with Gasteiger partial charge in [-0.05, 0) is 49.1 Å². The Morgan fingerprint density at radius 3 is 2.65 bits per heavy atom. The highest BCUT2D eigenvalue weighted by Gasteiger charge is 2.35. The molecule has 0 radical (unpaired) electrons. The number of halogens is 1. The van der Waals surface area contributed by atoms with Crippen molar-refractivity contribution in [3.8, 4) is 17.2 Å². The number of nitrogens with one attached hydrogen (secondary N) is 2. The van der Waals surface area contributed by atoms with Crippen LogP contribution in [0.5, 0.6) is 17.2 Å². The van der Waals surface area contributed by atoms with Crippen LogP contribution in [0.3, 0.4) is 0 Å². The van der Waals surface area contributed by atoms with E-state index >= 15 is 0 Å². The molecule has 2 aromatic carbocycles. The number of benzene rings is 2. The summed E-state index contributed by atoms with van der Waals surface area (Å²) in [5.74, 6) is 1.81. The van der Waals surface area contributed by atoms with E-state index in [9.17, 15) is 9.59 Å². The molecule has 4 bridgehead atoms. The first-order chi connectivity index (χ1) is 16.5. The van der Waals surface area contributed by atoms with Crippen molar-refractivity contribution in [2.24, 2.45) is 0 Å². The molecule has 34 heavy (non-hydrogen) atoms. The molecule has 8 nitrogen and oxygen atoms in total. The fourth-order valence-corrected chi connectivity index (χ4v) is 5.05. The quantitative estimate of drug-likeness (QED) is 0.679. The van der Waals surface area contributed by atoms with Crippen molar-refractivity contribution >= 4 is 23.4 Å². The molecule has 3 aliphatic heterocycles. The van der Waals surface area contributed by atoms with Gasteiger partial charge in [0.05, 0.1) is 6.54 Å². The monoisotopic (exact) mass is 485 g/mol. The highest BCUT2D eigenvalue weighted by atomic mass is 35.5. The van der Waals surface area contributed by atoms with E-state index in [1.54, 1.807) is 18.2 Å². The van der Waals surface area contributed by atoms with Crippen molar-refractivity contribution in [3.05, 3.63) is 52.0 Å². The minimum Gasteiger partial charge on any atom is -0.491 e. The van der Waals surface area contributed by atoms with Crippen LogP contribution in [0.25, 0.3) is 0 Å². The van der Waals surface area contributed by atoms with Gasteiger partial charge in [0.1, 0.15) is 12.4 Å². The number of nitrogens with zero attached hydrogens (tertiary/aromatic N) is 1. The molecule has 0 saturated carbocycles. The zero-order valence-corrected chi connectivity index (χ0v) is 19.8. The van der Waals surface area contributed by atoms with Crippen LogP contribution in [0.2, 0.25) is 5.02 Å². The summed E-state index contributed by atoms with van der Waals surface area (Å²) in [4.78, 5) is 27.9. The summed E-state index contributed by atoms with van der Waals surface area (Å²) < 4.78 is 16.8. The van der Waals surface area contributed by atoms with Crippen molar-refractivity contribution in [2.75, 3.05) is 26.5 Å². The van der Waals surface area contributed by atoms with Gasteiger partial charge < -0.3 is 24.8 Å². The number of hydrogen-bond acceptors (Lipinski definition) is 6. The maximum Gasteiger partial charge on any atom is 0.251 e. The van der Waals surface area contributed by atoms with Crippen molar-refractivity contribution in [2.45, 2.75) is 44.8 Å². The molecule has 0 spiro atoms.